The minimum Gasteiger partial charge on any atom is -0.465 e. The number of rotatable bonds is 8. The monoisotopic (exact) mass is 268 g/mol. The lowest BCUT2D eigenvalue weighted by atomic mass is 9.90. The van der Waals surface area contributed by atoms with Gasteiger partial charge in [0.2, 0.25) is 0 Å². The summed E-state index contributed by atoms with van der Waals surface area (Å²) in [6, 6.07) is 1.25. The summed E-state index contributed by atoms with van der Waals surface area (Å²) in [5, 5.41) is 3.48. The van der Waals surface area contributed by atoms with E-state index in [0.29, 0.717) is 12.6 Å². The molecule has 2 aliphatic rings. The van der Waals surface area contributed by atoms with Gasteiger partial charge in [0.05, 0.1) is 6.61 Å². The van der Waals surface area contributed by atoms with Crippen LogP contribution in [0.25, 0.3) is 0 Å². The maximum absolute atomic E-state index is 12.2. The largest absolute Gasteiger partial charge is 0.465 e. The highest BCUT2D eigenvalue weighted by Gasteiger charge is 2.39. The highest BCUT2D eigenvalue weighted by molar-refractivity contribution is 5.80. The molecule has 0 aliphatic heterocycles. The van der Waals surface area contributed by atoms with E-state index in [-0.39, 0.29) is 5.97 Å². The molecule has 4 nitrogen and oxygen atoms in total. The molecule has 0 saturated heterocycles. The van der Waals surface area contributed by atoms with Gasteiger partial charge >= 0.3 is 5.97 Å². The minimum absolute atomic E-state index is 0.0936. The Hall–Kier alpha value is -0.610. The Kier molecular flexibility index (Phi) is 4.85. The van der Waals surface area contributed by atoms with E-state index in [2.05, 4.69) is 17.3 Å². The third kappa shape index (κ3) is 3.93. The van der Waals surface area contributed by atoms with Gasteiger partial charge in [-0.15, -0.1) is 0 Å². The summed E-state index contributed by atoms with van der Waals surface area (Å²) in [6.07, 6.45) is 7.17. The quantitative estimate of drug-likeness (QED) is 0.683. The Morgan fingerprint density at radius 2 is 2.05 bits per heavy atom. The second kappa shape index (κ2) is 6.23. The van der Waals surface area contributed by atoms with Crippen molar-refractivity contribution in [2.24, 2.45) is 0 Å². The fourth-order valence-corrected chi connectivity index (χ4v) is 2.61. The fourth-order valence-electron chi connectivity index (χ4n) is 2.61. The Balaban J connectivity index is 1.86. The SMILES string of the molecule is CCOC(=O)C(C)(CCN(C)C1CCC1)NC1CC1. The molecule has 4 heteroatoms. The molecule has 0 radical (unpaired) electrons. The van der Waals surface area contributed by atoms with E-state index in [1.165, 1.54) is 32.1 Å². The van der Waals surface area contributed by atoms with Crippen molar-refractivity contribution in [2.45, 2.75) is 70.0 Å². The summed E-state index contributed by atoms with van der Waals surface area (Å²) in [6.45, 7) is 5.28. The zero-order valence-corrected chi connectivity index (χ0v) is 12.6. The Bertz CT molecular complexity index is 313. The first-order valence-electron chi connectivity index (χ1n) is 7.70. The molecule has 2 saturated carbocycles. The number of nitrogens with one attached hydrogen (secondary N) is 1. The molecule has 0 spiro atoms. The van der Waals surface area contributed by atoms with Crippen molar-refractivity contribution in [3.05, 3.63) is 0 Å². The van der Waals surface area contributed by atoms with Crippen LogP contribution < -0.4 is 5.32 Å². The third-order valence-corrected chi connectivity index (χ3v) is 4.49. The second-order valence-corrected chi connectivity index (χ2v) is 6.29. The van der Waals surface area contributed by atoms with E-state index in [0.717, 1.165) is 19.0 Å². The first-order chi connectivity index (χ1) is 9.05. The van der Waals surface area contributed by atoms with Crippen LogP contribution in [0.2, 0.25) is 0 Å². The average molecular weight is 268 g/mol. The summed E-state index contributed by atoms with van der Waals surface area (Å²) in [5.41, 5.74) is -0.519. The molecule has 110 valence electrons. The smallest absolute Gasteiger partial charge is 0.326 e. The van der Waals surface area contributed by atoms with Crippen LogP contribution in [0, 0.1) is 0 Å². The van der Waals surface area contributed by atoms with E-state index < -0.39 is 5.54 Å². The van der Waals surface area contributed by atoms with E-state index >= 15 is 0 Å². The van der Waals surface area contributed by atoms with Crippen molar-refractivity contribution in [3.63, 3.8) is 0 Å². The highest BCUT2D eigenvalue weighted by atomic mass is 16.5. The molecular weight excluding hydrogens is 240 g/mol. The van der Waals surface area contributed by atoms with E-state index in [9.17, 15) is 4.79 Å². The van der Waals surface area contributed by atoms with Gasteiger partial charge in [0, 0.05) is 18.6 Å². The maximum Gasteiger partial charge on any atom is 0.326 e. The Morgan fingerprint density at radius 1 is 1.37 bits per heavy atom. The number of ether oxygens (including phenoxy) is 1. The molecule has 0 aromatic carbocycles. The molecule has 2 rings (SSSR count). The first-order valence-corrected chi connectivity index (χ1v) is 7.70. The van der Waals surface area contributed by atoms with Crippen molar-refractivity contribution >= 4 is 5.97 Å². The number of carbonyl (C=O) groups excluding carboxylic acids is 1. The van der Waals surface area contributed by atoms with Gasteiger partial charge in [-0.05, 0) is 53.0 Å². The molecule has 1 atom stereocenters. The third-order valence-electron chi connectivity index (χ3n) is 4.49. The van der Waals surface area contributed by atoms with E-state index in [1.54, 1.807) is 0 Å². The molecule has 0 aromatic rings. The lowest BCUT2D eigenvalue weighted by molar-refractivity contribution is -0.151. The predicted molar refractivity (Wildman–Crippen MR) is 76.1 cm³/mol. The van der Waals surface area contributed by atoms with Crippen LogP contribution in [-0.4, -0.2) is 48.7 Å². The van der Waals surface area contributed by atoms with Crippen LogP contribution in [0.15, 0.2) is 0 Å². The lowest BCUT2D eigenvalue weighted by Crippen LogP contribution is -2.53. The summed E-state index contributed by atoms with van der Waals surface area (Å²) < 4.78 is 5.25. The minimum atomic E-state index is -0.519. The number of hydrogen-bond acceptors (Lipinski definition) is 4. The van der Waals surface area contributed by atoms with Crippen molar-refractivity contribution in [1.82, 2.24) is 10.2 Å². The van der Waals surface area contributed by atoms with Crippen LogP contribution in [0.3, 0.4) is 0 Å². The molecule has 19 heavy (non-hydrogen) atoms. The van der Waals surface area contributed by atoms with Gasteiger partial charge in [-0.25, -0.2) is 0 Å². The van der Waals surface area contributed by atoms with E-state index in [1.807, 2.05) is 13.8 Å². The van der Waals surface area contributed by atoms with Gasteiger partial charge in [0.25, 0.3) is 0 Å². The number of carbonyl (C=O) groups is 1. The van der Waals surface area contributed by atoms with Crippen molar-refractivity contribution in [2.75, 3.05) is 20.2 Å². The lowest BCUT2D eigenvalue weighted by Gasteiger charge is -2.37. The molecule has 2 fully saturated rings. The summed E-state index contributed by atoms with van der Waals surface area (Å²) in [7, 11) is 2.17. The van der Waals surface area contributed by atoms with Gasteiger partial charge < -0.3 is 9.64 Å². The summed E-state index contributed by atoms with van der Waals surface area (Å²) in [4.78, 5) is 14.6. The normalized spacial score (nSPS) is 22.9. The standard InChI is InChI=1S/C15H28N2O2/c1-4-19-14(18)15(2,16-12-8-9-12)10-11-17(3)13-6-5-7-13/h12-13,16H,4-11H2,1-3H3. The molecule has 1 unspecified atom stereocenters. The molecule has 1 N–H and O–H groups in total. The molecule has 2 aliphatic carbocycles. The summed E-state index contributed by atoms with van der Waals surface area (Å²) in [5.74, 6) is -0.0936. The number of esters is 1. The highest BCUT2D eigenvalue weighted by Crippen LogP contribution is 2.27. The van der Waals surface area contributed by atoms with Crippen LogP contribution in [0.1, 0.15) is 52.4 Å². The van der Waals surface area contributed by atoms with Gasteiger partial charge in [0.15, 0.2) is 0 Å². The van der Waals surface area contributed by atoms with Gasteiger partial charge in [0.1, 0.15) is 5.54 Å². The van der Waals surface area contributed by atoms with Crippen LogP contribution >= 0.6 is 0 Å². The van der Waals surface area contributed by atoms with Gasteiger partial charge in [-0.3, -0.25) is 10.1 Å². The molecule has 0 heterocycles. The van der Waals surface area contributed by atoms with Crippen LogP contribution in [-0.2, 0) is 9.53 Å². The molecule has 0 bridgehead atoms. The Labute approximate surface area is 116 Å². The molecule has 0 amide bonds. The van der Waals surface area contributed by atoms with Gasteiger partial charge in [-0.2, -0.15) is 0 Å². The zero-order chi connectivity index (χ0) is 13.9. The Morgan fingerprint density at radius 3 is 2.53 bits per heavy atom. The van der Waals surface area contributed by atoms with Gasteiger partial charge in [-0.1, -0.05) is 6.42 Å². The van der Waals surface area contributed by atoms with Crippen molar-refractivity contribution in [3.8, 4) is 0 Å². The maximum atomic E-state index is 12.2. The van der Waals surface area contributed by atoms with Crippen LogP contribution in [0.5, 0.6) is 0 Å². The number of nitrogens with zero attached hydrogens (tertiary/aromatic N) is 1. The molecule has 0 aromatic heterocycles. The van der Waals surface area contributed by atoms with Crippen molar-refractivity contribution in [1.29, 1.82) is 0 Å². The topological polar surface area (TPSA) is 41.6 Å². The van der Waals surface area contributed by atoms with E-state index in [4.69, 9.17) is 4.74 Å². The average Bonchev–Trinajstić information content (AvgIpc) is 3.08. The van der Waals surface area contributed by atoms with Crippen LogP contribution in [0.4, 0.5) is 0 Å². The number of hydrogen-bond donors (Lipinski definition) is 1. The predicted octanol–water partition coefficient (Wildman–Crippen LogP) is 1.93. The first kappa shape index (κ1) is 14.8. The summed E-state index contributed by atoms with van der Waals surface area (Å²) >= 11 is 0. The molecular formula is C15H28N2O2. The zero-order valence-electron chi connectivity index (χ0n) is 12.6. The second-order valence-electron chi connectivity index (χ2n) is 6.29. The fraction of sp³-hybridized carbons (Fsp3) is 0.933. The van der Waals surface area contributed by atoms with Crippen molar-refractivity contribution < 1.29 is 9.53 Å².